The van der Waals surface area contributed by atoms with Gasteiger partial charge in [-0.2, -0.15) is 0 Å². The van der Waals surface area contributed by atoms with Crippen LogP contribution in [0.25, 0.3) is 0 Å². The average Bonchev–Trinajstić information content (AvgIpc) is 3.00. The normalized spacial score (nSPS) is 24.5. The molecule has 4 nitrogen and oxygen atoms in total. The van der Waals surface area contributed by atoms with Gasteiger partial charge in [-0.15, -0.1) is 0 Å². The average molecular weight is 433 g/mol. The molecule has 3 aromatic carbocycles. The fourth-order valence-corrected chi connectivity index (χ4v) is 7.60. The quantitative estimate of drug-likeness (QED) is 0.554. The van der Waals surface area contributed by atoms with Crippen molar-refractivity contribution in [3.8, 4) is 0 Å². The minimum atomic E-state index is -3.78. The highest BCUT2D eigenvalue weighted by molar-refractivity contribution is 7.92. The Kier molecular flexibility index (Phi) is 4.45. The second-order valence-corrected chi connectivity index (χ2v) is 10.7. The molecule has 0 fully saturated rings. The van der Waals surface area contributed by atoms with Crippen molar-refractivity contribution in [2.24, 2.45) is 0 Å². The Balaban J connectivity index is 1.82. The molecule has 0 N–H and O–H groups in total. The Morgan fingerprint density at radius 3 is 2.19 bits per heavy atom. The second kappa shape index (κ2) is 6.86. The number of fused-ring (bicyclic) bond motifs is 4. The van der Waals surface area contributed by atoms with E-state index in [9.17, 15) is 8.42 Å². The van der Waals surface area contributed by atoms with Gasteiger partial charge >= 0.3 is 0 Å². The van der Waals surface area contributed by atoms with Crippen LogP contribution in [0.2, 0.25) is 0 Å². The zero-order valence-electron chi connectivity index (χ0n) is 18.4. The summed E-state index contributed by atoms with van der Waals surface area (Å²) in [5.41, 5.74) is 4.88. The third kappa shape index (κ3) is 2.62. The Hall–Kier alpha value is -2.79. The molecule has 0 bridgehead atoms. The molecule has 5 heteroatoms. The minimum Gasteiger partial charge on any atom is -0.352 e. The maximum absolute atomic E-state index is 14.1. The zero-order chi connectivity index (χ0) is 22.0. The molecule has 0 aliphatic carbocycles. The van der Waals surface area contributed by atoms with E-state index in [4.69, 9.17) is 0 Å². The Morgan fingerprint density at radius 2 is 1.52 bits per heavy atom. The van der Waals surface area contributed by atoms with Gasteiger partial charge in [0.05, 0.1) is 10.6 Å². The molecule has 0 saturated carbocycles. The van der Waals surface area contributed by atoms with E-state index in [1.165, 1.54) is 5.56 Å². The summed E-state index contributed by atoms with van der Waals surface area (Å²) in [5.74, 6) is 0.212. The molecule has 0 saturated heterocycles. The van der Waals surface area contributed by atoms with Crippen LogP contribution in [0.3, 0.4) is 0 Å². The molecule has 2 heterocycles. The van der Waals surface area contributed by atoms with E-state index in [2.05, 4.69) is 43.0 Å². The largest absolute Gasteiger partial charge is 0.352 e. The highest BCUT2D eigenvalue weighted by Gasteiger charge is 2.59. The van der Waals surface area contributed by atoms with Crippen LogP contribution in [0.4, 0.5) is 11.4 Å². The van der Waals surface area contributed by atoms with Crippen molar-refractivity contribution in [2.75, 3.05) is 16.3 Å². The lowest BCUT2D eigenvalue weighted by atomic mass is 9.65. The van der Waals surface area contributed by atoms with Crippen LogP contribution in [-0.2, 0) is 15.4 Å². The first-order chi connectivity index (χ1) is 14.8. The number of likely N-dealkylation sites (N-methyl/N-ethyl adjacent to an activating group) is 1. The van der Waals surface area contributed by atoms with E-state index in [0.29, 0.717) is 4.90 Å². The van der Waals surface area contributed by atoms with Crippen molar-refractivity contribution < 1.29 is 8.42 Å². The van der Waals surface area contributed by atoms with Gasteiger partial charge < -0.3 is 4.90 Å². The number of hydrogen-bond donors (Lipinski definition) is 0. The summed E-state index contributed by atoms with van der Waals surface area (Å²) in [4.78, 5) is 2.48. The summed E-state index contributed by atoms with van der Waals surface area (Å²) in [6, 6.07) is 23.6. The maximum Gasteiger partial charge on any atom is 0.266 e. The van der Waals surface area contributed by atoms with Crippen LogP contribution in [0.15, 0.2) is 77.7 Å². The molecular formula is C26H28N2O2S. The zero-order valence-corrected chi connectivity index (χ0v) is 19.2. The van der Waals surface area contributed by atoms with Crippen molar-refractivity contribution in [3.63, 3.8) is 0 Å². The lowest BCUT2D eigenvalue weighted by molar-refractivity contribution is 0.305. The standard InChI is InChI=1S/C26H28N2O2S/c1-5-21-20-10-6-8-12-23(20)28(31(29,30)19-16-14-18(2)15-17-19)25-26(21,3)22-11-7-9-13-24(22)27(25)4/h6-17,21,25H,5H2,1-4H3/t21-,25-,26-/m1/s1. The van der Waals surface area contributed by atoms with E-state index in [-0.39, 0.29) is 17.5 Å². The predicted octanol–water partition coefficient (Wildman–Crippen LogP) is 5.43. The summed E-state index contributed by atoms with van der Waals surface area (Å²) in [6.45, 7) is 6.41. The minimum absolute atomic E-state index is 0.212. The molecule has 0 spiro atoms. The lowest BCUT2D eigenvalue weighted by Crippen LogP contribution is -2.61. The van der Waals surface area contributed by atoms with E-state index in [1.807, 2.05) is 50.4 Å². The summed E-state index contributed by atoms with van der Waals surface area (Å²) < 4.78 is 30.0. The van der Waals surface area contributed by atoms with Crippen LogP contribution in [0.1, 0.15) is 42.9 Å². The van der Waals surface area contributed by atoms with E-state index >= 15 is 0 Å². The van der Waals surface area contributed by atoms with Gasteiger partial charge in [0, 0.05) is 18.2 Å². The molecule has 0 unspecified atom stereocenters. The van der Waals surface area contributed by atoms with E-state index in [1.54, 1.807) is 16.4 Å². The molecule has 2 aliphatic heterocycles. The third-order valence-electron chi connectivity index (χ3n) is 7.25. The lowest BCUT2D eigenvalue weighted by Gasteiger charge is -2.51. The van der Waals surface area contributed by atoms with E-state index < -0.39 is 10.0 Å². The summed E-state index contributed by atoms with van der Waals surface area (Å²) >= 11 is 0. The van der Waals surface area contributed by atoms with Crippen molar-refractivity contribution in [1.29, 1.82) is 0 Å². The number of aryl methyl sites for hydroxylation is 1. The molecule has 5 rings (SSSR count). The van der Waals surface area contributed by atoms with Crippen LogP contribution < -0.4 is 9.21 Å². The van der Waals surface area contributed by atoms with Gasteiger partial charge in [0.15, 0.2) is 0 Å². The van der Waals surface area contributed by atoms with Gasteiger partial charge in [0.2, 0.25) is 0 Å². The van der Waals surface area contributed by atoms with Gasteiger partial charge in [0.25, 0.3) is 10.0 Å². The molecule has 2 aliphatic rings. The summed E-state index contributed by atoms with van der Waals surface area (Å²) in [6.07, 6.45) is 0.598. The van der Waals surface area contributed by atoms with Gasteiger partial charge in [-0.3, -0.25) is 0 Å². The highest BCUT2D eigenvalue weighted by Crippen LogP contribution is 2.59. The van der Waals surface area contributed by atoms with Gasteiger partial charge in [0.1, 0.15) is 6.17 Å². The number of benzene rings is 3. The van der Waals surface area contributed by atoms with Crippen LogP contribution >= 0.6 is 0 Å². The first-order valence-corrected chi connectivity index (χ1v) is 12.3. The monoisotopic (exact) mass is 432 g/mol. The fourth-order valence-electron chi connectivity index (χ4n) is 5.84. The smallest absolute Gasteiger partial charge is 0.266 e. The van der Waals surface area contributed by atoms with Crippen molar-refractivity contribution >= 4 is 21.4 Å². The molecule has 0 radical (unpaired) electrons. The number of nitrogens with zero attached hydrogens (tertiary/aromatic N) is 2. The second-order valence-electron chi connectivity index (χ2n) is 8.92. The maximum atomic E-state index is 14.1. The molecular weight excluding hydrogens is 404 g/mol. The number of rotatable bonds is 3. The number of sulfonamides is 1. The Morgan fingerprint density at radius 1 is 0.903 bits per heavy atom. The number of hydrogen-bond acceptors (Lipinski definition) is 3. The predicted molar refractivity (Wildman–Crippen MR) is 126 cm³/mol. The molecule has 3 aromatic rings. The molecule has 0 amide bonds. The topological polar surface area (TPSA) is 40.6 Å². The summed E-state index contributed by atoms with van der Waals surface area (Å²) in [5, 5.41) is 0. The Labute approximate surface area is 185 Å². The third-order valence-corrected chi connectivity index (χ3v) is 9.03. The van der Waals surface area contributed by atoms with Gasteiger partial charge in [-0.05, 0) is 54.7 Å². The van der Waals surface area contributed by atoms with Crippen LogP contribution in [-0.4, -0.2) is 21.6 Å². The fraction of sp³-hybridized carbons (Fsp3) is 0.308. The van der Waals surface area contributed by atoms with Gasteiger partial charge in [-0.25, -0.2) is 12.7 Å². The first-order valence-electron chi connectivity index (χ1n) is 10.8. The first kappa shape index (κ1) is 20.1. The SMILES string of the molecule is CC[C@@H]1c2ccccc2N(S(=O)(=O)c2ccc(C)cc2)[C@H]2N(C)c3ccccc3[C@@]12C. The molecule has 160 valence electrons. The van der Waals surface area contributed by atoms with Crippen LogP contribution in [0.5, 0.6) is 0 Å². The van der Waals surface area contributed by atoms with Crippen molar-refractivity contribution in [3.05, 3.63) is 89.5 Å². The molecule has 31 heavy (non-hydrogen) atoms. The summed E-state index contributed by atoms with van der Waals surface area (Å²) in [7, 11) is -1.75. The molecule has 0 aromatic heterocycles. The van der Waals surface area contributed by atoms with Crippen molar-refractivity contribution in [2.45, 2.75) is 49.6 Å². The van der Waals surface area contributed by atoms with Gasteiger partial charge in [-0.1, -0.05) is 67.9 Å². The number of para-hydroxylation sites is 2. The van der Waals surface area contributed by atoms with E-state index in [0.717, 1.165) is 28.9 Å². The molecule has 3 atom stereocenters. The van der Waals surface area contributed by atoms with Crippen molar-refractivity contribution in [1.82, 2.24) is 0 Å². The number of anilines is 2. The highest BCUT2D eigenvalue weighted by atomic mass is 32.2. The Bertz CT molecular complexity index is 1250. The van der Waals surface area contributed by atoms with Crippen LogP contribution in [0, 0.1) is 6.92 Å².